The lowest BCUT2D eigenvalue weighted by Crippen LogP contribution is -2.37. The number of methoxy groups -OCH3 is 3. The lowest BCUT2D eigenvalue weighted by atomic mass is 10.0. The fourth-order valence-electron chi connectivity index (χ4n) is 3.84. The fraction of sp³-hybridized carbons (Fsp3) is 0.320. The molecule has 3 aromatic rings. The molecule has 11 heteroatoms. The summed E-state index contributed by atoms with van der Waals surface area (Å²) < 4.78 is 44.8. The summed E-state index contributed by atoms with van der Waals surface area (Å²) in [6.07, 6.45) is -1.75. The first-order valence-electron chi connectivity index (χ1n) is 10.8. The van der Waals surface area contributed by atoms with E-state index < -0.39 is 29.8 Å². The smallest absolute Gasteiger partial charge is 0.336 e. The molecule has 0 unspecified atom stereocenters. The predicted molar refractivity (Wildman–Crippen MR) is 124 cm³/mol. The van der Waals surface area contributed by atoms with Crippen molar-refractivity contribution in [2.45, 2.75) is 26.1 Å². The number of carbonyl (C=O) groups is 2. The summed E-state index contributed by atoms with van der Waals surface area (Å²) in [4.78, 5) is 35.2. The Kier molecular flexibility index (Phi) is 6.91. The molecular weight excluding hydrogens is 476 g/mol. The van der Waals surface area contributed by atoms with Gasteiger partial charge in [0.15, 0.2) is 35.0 Å². The number of fused-ring (bicyclic) bond motifs is 3. The van der Waals surface area contributed by atoms with Crippen LogP contribution in [0.25, 0.3) is 11.0 Å². The van der Waals surface area contributed by atoms with Crippen molar-refractivity contribution in [3.05, 3.63) is 46.3 Å². The molecule has 1 aliphatic heterocycles. The van der Waals surface area contributed by atoms with Gasteiger partial charge in [-0.05, 0) is 24.3 Å². The number of benzene rings is 2. The molecule has 1 aliphatic rings. The van der Waals surface area contributed by atoms with Gasteiger partial charge in [0, 0.05) is 30.9 Å². The second-order valence-corrected chi connectivity index (χ2v) is 7.76. The van der Waals surface area contributed by atoms with Crippen LogP contribution in [-0.2, 0) is 14.3 Å². The largest absolute Gasteiger partial charge is 0.493 e. The topological polar surface area (TPSA) is 129 Å². The molecule has 0 saturated carbocycles. The predicted octanol–water partition coefficient (Wildman–Crippen LogP) is 3.19. The van der Waals surface area contributed by atoms with Crippen molar-refractivity contribution in [2.75, 3.05) is 27.9 Å². The van der Waals surface area contributed by atoms with Gasteiger partial charge in [0.05, 0.1) is 21.3 Å². The lowest BCUT2D eigenvalue weighted by molar-refractivity contribution is -0.145. The molecule has 0 bridgehead atoms. The first-order chi connectivity index (χ1) is 17.2. The van der Waals surface area contributed by atoms with Gasteiger partial charge in [-0.3, -0.25) is 9.59 Å². The Morgan fingerprint density at radius 3 is 2.11 bits per heavy atom. The van der Waals surface area contributed by atoms with E-state index in [2.05, 4.69) is 0 Å². The Hall–Kier alpha value is -4.41. The van der Waals surface area contributed by atoms with Gasteiger partial charge in [0.1, 0.15) is 6.61 Å². The van der Waals surface area contributed by atoms with E-state index in [1.165, 1.54) is 41.2 Å². The van der Waals surface area contributed by atoms with Gasteiger partial charge in [0.25, 0.3) is 0 Å². The molecule has 4 rings (SSSR count). The molecular formula is C25H24O11. The summed E-state index contributed by atoms with van der Waals surface area (Å²) in [5.74, 6) is 0.0497. The molecule has 2 heterocycles. The van der Waals surface area contributed by atoms with E-state index in [9.17, 15) is 14.4 Å². The lowest BCUT2D eigenvalue weighted by Gasteiger charge is -2.35. The van der Waals surface area contributed by atoms with E-state index in [1.54, 1.807) is 24.3 Å². The second kappa shape index (κ2) is 10.1. The maximum atomic E-state index is 12.0. The third-order valence-corrected chi connectivity index (χ3v) is 5.37. The third-order valence-electron chi connectivity index (χ3n) is 5.37. The van der Waals surface area contributed by atoms with Gasteiger partial charge >= 0.3 is 17.6 Å². The van der Waals surface area contributed by atoms with Crippen LogP contribution in [0.2, 0.25) is 0 Å². The number of esters is 2. The van der Waals surface area contributed by atoms with Crippen molar-refractivity contribution in [2.24, 2.45) is 0 Å². The molecule has 0 N–H and O–H groups in total. The highest BCUT2D eigenvalue weighted by Gasteiger charge is 2.39. The standard InChI is InChI=1S/C25H24O11/c1-12(26)32-11-19-21(15-9-16(29-3)23(33-13(2)27)17(10-15)30-4)36-25-22-14(6-7-20(28)35-22)8-18(31-5)24(25)34-19/h6-10,19,21H,11H2,1-5H3/t19-,21-/m0/s1. The van der Waals surface area contributed by atoms with Crippen molar-refractivity contribution in [3.63, 3.8) is 0 Å². The number of hydrogen-bond acceptors (Lipinski definition) is 11. The maximum absolute atomic E-state index is 12.0. The van der Waals surface area contributed by atoms with E-state index in [-0.39, 0.29) is 40.9 Å². The van der Waals surface area contributed by atoms with Gasteiger partial charge in [-0.2, -0.15) is 0 Å². The first kappa shape index (κ1) is 24.7. The second-order valence-electron chi connectivity index (χ2n) is 7.76. The summed E-state index contributed by atoms with van der Waals surface area (Å²) in [7, 11) is 4.27. The normalized spacial score (nSPS) is 16.2. The van der Waals surface area contributed by atoms with Crippen LogP contribution in [0.3, 0.4) is 0 Å². The highest BCUT2D eigenvalue weighted by molar-refractivity contribution is 5.88. The van der Waals surface area contributed by atoms with Gasteiger partial charge in [-0.25, -0.2) is 4.79 Å². The van der Waals surface area contributed by atoms with Gasteiger partial charge in [0.2, 0.25) is 17.2 Å². The van der Waals surface area contributed by atoms with Crippen LogP contribution in [0.4, 0.5) is 0 Å². The van der Waals surface area contributed by atoms with E-state index >= 15 is 0 Å². The quantitative estimate of drug-likeness (QED) is 0.269. The van der Waals surface area contributed by atoms with Crippen LogP contribution in [0.15, 0.2) is 39.5 Å². The minimum absolute atomic E-state index is 0.0861. The molecule has 2 atom stereocenters. The van der Waals surface area contributed by atoms with Crippen LogP contribution in [0.5, 0.6) is 34.5 Å². The highest BCUT2D eigenvalue weighted by Crippen LogP contribution is 2.51. The van der Waals surface area contributed by atoms with E-state index in [1.807, 2.05) is 0 Å². The fourth-order valence-corrected chi connectivity index (χ4v) is 3.84. The zero-order valence-corrected chi connectivity index (χ0v) is 20.2. The molecule has 190 valence electrons. The molecule has 1 aromatic heterocycles. The minimum Gasteiger partial charge on any atom is -0.493 e. The summed E-state index contributed by atoms with van der Waals surface area (Å²) in [5, 5.41) is 0.548. The van der Waals surface area contributed by atoms with Gasteiger partial charge < -0.3 is 37.6 Å². The molecule has 0 saturated heterocycles. The molecule has 0 fully saturated rings. The monoisotopic (exact) mass is 500 g/mol. The first-order valence-corrected chi connectivity index (χ1v) is 10.8. The van der Waals surface area contributed by atoms with Crippen molar-refractivity contribution in [3.8, 4) is 34.5 Å². The summed E-state index contributed by atoms with van der Waals surface area (Å²) >= 11 is 0. The Morgan fingerprint density at radius 1 is 0.861 bits per heavy atom. The number of hydrogen-bond donors (Lipinski definition) is 0. The zero-order valence-electron chi connectivity index (χ0n) is 20.2. The highest BCUT2D eigenvalue weighted by atomic mass is 16.6. The summed E-state index contributed by atoms with van der Waals surface area (Å²) in [5.41, 5.74) is 0.0625. The molecule has 2 aromatic carbocycles. The third kappa shape index (κ3) is 4.72. The maximum Gasteiger partial charge on any atom is 0.336 e. The van der Waals surface area contributed by atoms with Crippen LogP contribution in [-0.4, -0.2) is 46.0 Å². The van der Waals surface area contributed by atoms with E-state index in [4.69, 9.17) is 37.6 Å². The molecule has 0 aliphatic carbocycles. The van der Waals surface area contributed by atoms with Gasteiger partial charge in [-0.1, -0.05) is 0 Å². The van der Waals surface area contributed by atoms with Crippen LogP contribution >= 0.6 is 0 Å². The molecule has 0 spiro atoms. The van der Waals surface area contributed by atoms with E-state index in [0.29, 0.717) is 16.7 Å². The van der Waals surface area contributed by atoms with Crippen molar-refractivity contribution < 1.29 is 47.2 Å². The van der Waals surface area contributed by atoms with Crippen molar-refractivity contribution >= 4 is 22.9 Å². The average Bonchev–Trinajstić information content (AvgIpc) is 2.86. The Balaban J connectivity index is 1.89. The zero-order chi connectivity index (χ0) is 26.0. The minimum atomic E-state index is -0.896. The average molecular weight is 500 g/mol. The molecule has 36 heavy (non-hydrogen) atoms. The SMILES string of the molecule is COc1cc([C@@H]2Oc3c(c(OC)cc4ccc(=O)oc34)O[C@H]2COC(C)=O)cc(OC)c1OC(C)=O. The van der Waals surface area contributed by atoms with E-state index in [0.717, 1.165) is 0 Å². The van der Waals surface area contributed by atoms with Gasteiger partial charge in [-0.15, -0.1) is 0 Å². The number of rotatable bonds is 7. The van der Waals surface area contributed by atoms with Crippen LogP contribution < -0.4 is 34.0 Å². The van der Waals surface area contributed by atoms with Crippen molar-refractivity contribution in [1.82, 2.24) is 0 Å². The molecule has 0 amide bonds. The summed E-state index contributed by atoms with van der Waals surface area (Å²) in [6, 6.07) is 7.66. The van der Waals surface area contributed by atoms with Crippen LogP contribution in [0, 0.1) is 0 Å². The Morgan fingerprint density at radius 2 is 1.53 bits per heavy atom. The Bertz CT molecular complexity index is 1350. The molecule has 11 nitrogen and oxygen atoms in total. The number of carbonyl (C=O) groups excluding carboxylic acids is 2. The molecule has 0 radical (unpaired) electrons. The van der Waals surface area contributed by atoms with Crippen molar-refractivity contribution in [1.29, 1.82) is 0 Å². The van der Waals surface area contributed by atoms with Crippen LogP contribution in [0.1, 0.15) is 25.5 Å². The Labute approximate surface area is 205 Å². The summed E-state index contributed by atoms with van der Waals surface area (Å²) in [6.45, 7) is 2.36. The number of ether oxygens (including phenoxy) is 7.